The van der Waals surface area contributed by atoms with Crippen LogP contribution >= 0.6 is 0 Å². The molecule has 6 heteroatoms. The molecule has 17 heavy (non-hydrogen) atoms. The van der Waals surface area contributed by atoms with E-state index in [1.807, 2.05) is 12.1 Å². The molecule has 0 aliphatic heterocycles. The maximum atomic E-state index is 5.25. The van der Waals surface area contributed by atoms with Crippen LogP contribution in [0.4, 0.5) is 0 Å². The minimum Gasteiger partial charge on any atom is -0.493 e. The van der Waals surface area contributed by atoms with Crippen molar-refractivity contribution >= 4 is 0 Å². The number of nitrogens with zero attached hydrogens (tertiary/aromatic N) is 2. The third kappa shape index (κ3) is 2.01. The van der Waals surface area contributed by atoms with Crippen LogP contribution in [0.1, 0.15) is 0 Å². The third-order valence-corrected chi connectivity index (χ3v) is 2.38. The van der Waals surface area contributed by atoms with Gasteiger partial charge in [0.05, 0.1) is 27.5 Å². The number of ether oxygens (including phenoxy) is 3. The molecule has 2 aromatic rings. The Morgan fingerprint density at radius 1 is 1.00 bits per heavy atom. The number of aromatic amines is 1. The number of nitrogens with one attached hydrogen (secondary N) is 1. The van der Waals surface area contributed by atoms with E-state index in [9.17, 15) is 0 Å². The SMILES string of the molecule is COc1cc(-c2cn[nH]n2)cc(OC)c1OC. The fraction of sp³-hybridized carbons (Fsp3) is 0.273. The first-order valence-corrected chi connectivity index (χ1v) is 4.96. The van der Waals surface area contributed by atoms with Gasteiger partial charge < -0.3 is 14.2 Å². The van der Waals surface area contributed by atoms with E-state index in [1.165, 1.54) is 0 Å². The van der Waals surface area contributed by atoms with E-state index in [2.05, 4.69) is 15.4 Å². The molecule has 0 saturated carbocycles. The minimum atomic E-state index is 0.558. The largest absolute Gasteiger partial charge is 0.493 e. The van der Waals surface area contributed by atoms with Gasteiger partial charge in [-0.2, -0.15) is 15.4 Å². The molecule has 6 nitrogen and oxygen atoms in total. The highest BCUT2D eigenvalue weighted by Crippen LogP contribution is 2.40. The Morgan fingerprint density at radius 3 is 2.06 bits per heavy atom. The Hall–Kier alpha value is -2.24. The van der Waals surface area contributed by atoms with Crippen LogP contribution in [0.3, 0.4) is 0 Å². The number of aromatic nitrogens is 3. The van der Waals surface area contributed by atoms with Crippen molar-refractivity contribution in [2.24, 2.45) is 0 Å². The van der Waals surface area contributed by atoms with Crippen molar-refractivity contribution in [1.82, 2.24) is 15.4 Å². The normalized spacial score (nSPS) is 10.1. The number of rotatable bonds is 4. The molecule has 0 radical (unpaired) electrons. The van der Waals surface area contributed by atoms with Gasteiger partial charge in [0.1, 0.15) is 5.69 Å². The Kier molecular flexibility index (Phi) is 3.13. The van der Waals surface area contributed by atoms with Gasteiger partial charge in [0, 0.05) is 5.56 Å². The van der Waals surface area contributed by atoms with Crippen molar-refractivity contribution in [3.05, 3.63) is 18.3 Å². The number of H-pyrrole nitrogens is 1. The molecule has 0 bridgehead atoms. The maximum absolute atomic E-state index is 5.25. The molecule has 90 valence electrons. The van der Waals surface area contributed by atoms with Crippen molar-refractivity contribution in [2.75, 3.05) is 21.3 Å². The van der Waals surface area contributed by atoms with Crippen molar-refractivity contribution in [2.45, 2.75) is 0 Å². The van der Waals surface area contributed by atoms with Crippen molar-refractivity contribution in [3.63, 3.8) is 0 Å². The Labute approximate surface area is 98.5 Å². The molecular formula is C11H13N3O3. The first kappa shape index (κ1) is 11.3. The van der Waals surface area contributed by atoms with Gasteiger partial charge in [-0.25, -0.2) is 0 Å². The number of hydrogen-bond acceptors (Lipinski definition) is 5. The average Bonchev–Trinajstić information content (AvgIpc) is 2.90. The van der Waals surface area contributed by atoms with Crippen LogP contribution in [0.5, 0.6) is 17.2 Å². The summed E-state index contributed by atoms with van der Waals surface area (Å²) in [6.45, 7) is 0. The summed E-state index contributed by atoms with van der Waals surface area (Å²) in [6.07, 6.45) is 1.63. The van der Waals surface area contributed by atoms with Gasteiger partial charge in [-0.1, -0.05) is 0 Å². The molecule has 1 N–H and O–H groups in total. The second-order valence-corrected chi connectivity index (χ2v) is 3.27. The minimum absolute atomic E-state index is 0.558. The van der Waals surface area contributed by atoms with Gasteiger partial charge in [0.25, 0.3) is 0 Å². The van der Waals surface area contributed by atoms with E-state index >= 15 is 0 Å². The summed E-state index contributed by atoms with van der Waals surface area (Å²) in [6, 6.07) is 3.64. The predicted octanol–water partition coefficient (Wildman–Crippen LogP) is 1.50. The third-order valence-electron chi connectivity index (χ3n) is 2.38. The molecule has 0 fully saturated rings. The molecule has 0 atom stereocenters. The van der Waals surface area contributed by atoms with E-state index in [0.717, 1.165) is 5.56 Å². The zero-order valence-corrected chi connectivity index (χ0v) is 9.85. The lowest BCUT2D eigenvalue weighted by atomic mass is 10.1. The van der Waals surface area contributed by atoms with Crippen LogP contribution in [0.15, 0.2) is 18.3 Å². The molecule has 0 aliphatic rings. The molecule has 1 aromatic heterocycles. The van der Waals surface area contributed by atoms with Crippen LogP contribution in [-0.4, -0.2) is 36.7 Å². The lowest BCUT2D eigenvalue weighted by molar-refractivity contribution is 0.324. The maximum Gasteiger partial charge on any atom is 0.203 e. The molecule has 0 saturated heterocycles. The summed E-state index contributed by atoms with van der Waals surface area (Å²) >= 11 is 0. The number of methoxy groups -OCH3 is 3. The Balaban J connectivity index is 2.56. The van der Waals surface area contributed by atoms with Gasteiger partial charge in [-0.15, -0.1) is 0 Å². The highest BCUT2D eigenvalue weighted by atomic mass is 16.5. The highest BCUT2D eigenvalue weighted by Gasteiger charge is 2.14. The van der Waals surface area contributed by atoms with E-state index in [4.69, 9.17) is 14.2 Å². The molecule has 1 aromatic carbocycles. The first-order chi connectivity index (χ1) is 8.30. The summed E-state index contributed by atoms with van der Waals surface area (Å²) in [4.78, 5) is 0. The standard InChI is InChI=1S/C11H13N3O3/c1-15-9-4-7(8-6-12-14-13-8)5-10(16-2)11(9)17-3/h4-6H,1-3H3,(H,12,13,14). The van der Waals surface area contributed by atoms with Crippen LogP contribution in [0.2, 0.25) is 0 Å². The molecule has 0 amide bonds. The fourth-order valence-electron chi connectivity index (χ4n) is 1.57. The molecule has 0 unspecified atom stereocenters. The molecule has 0 spiro atoms. The Morgan fingerprint density at radius 2 is 1.65 bits per heavy atom. The van der Waals surface area contributed by atoms with Gasteiger partial charge >= 0.3 is 0 Å². The van der Waals surface area contributed by atoms with Gasteiger partial charge in [0.15, 0.2) is 11.5 Å². The molecular weight excluding hydrogens is 222 g/mol. The molecule has 2 rings (SSSR count). The summed E-state index contributed by atoms with van der Waals surface area (Å²) in [5.41, 5.74) is 1.55. The monoisotopic (exact) mass is 235 g/mol. The summed E-state index contributed by atoms with van der Waals surface area (Å²) < 4.78 is 15.7. The van der Waals surface area contributed by atoms with Crippen LogP contribution in [0.25, 0.3) is 11.3 Å². The van der Waals surface area contributed by atoms with E-state index < -0.39 is 0 Å². The molecule has 1 heterocycles. The summed E-state index contributed by atoms with van der Waals surface area (Å²) in [7, 11) is 4.71. The molecule has 0 aliphatic carbocycles. The number of hydrogen-bond donors (Lipinski definition) is 1. The smallest absolute Gasteiger partial charge is 0.203 e. The van der Waals surface area contributed by atoms with Crippen LogP contribution < -0.4 is 14.2 Å². The zero-order valence-electron chi connectivity index (χ0n) is 9.85. The van der Waals surface area contributed by atoms with Crippen molar-refractivity contribution in [1.29, 1.82) is 0 Å². The summed E-state index contributed by atoms with van der Waals surface area (Å²) in [5.74, 6) is 1.73. The van der Waals surface area contributed by atoms with Crippen LogP contribution in [0, 0.1) is 0 Å². The van der Waals surface area contributed by atoms with Crippen molar-refractivity contribution < 1.29 is 14.2 Å². The van der Waals surface area contributed by atoms with Crippen LogP contribution in [-0.2, 0) is 0 Å². The highest BCUT2D eigenvalue weighted by molar-refractivity contribution is 5.67. The fourth-order valence-corrected chi connectivity index (χ4v) is 1.57. The van der Waals surface area contributed by atoms with Gasteiger partial charge in [-0.3, -0.25) is 0 Å². The van der Waals surface area contributed by atoms with E-state index in [1.54, 1.807) is 27.5 Å². The van der Waals surface area contributed by atoms with Gasteiger partial charge in [0.2, 0.25) is 5.75 Å². The topological polar surface area (TPSA) is 69.3 Å². The second-order valence-electron chi connectivity index (χ2n) is 3.27. The lowest BCUT2D eigenvalue weighted by Crippen LogP contribution is -1.95. The lowest BCUT2D eigenvalue weighted by Gasteiger charge is -2.13. The predicted molar refractivity (Wildman–Crippen MR) is 61.5 cm³/mol. The number of benzene rings is 1. The zero-order chi connectivity index (χ0) is 12.3. The summed E-state index contributed by atoms with van der Waals surface area (Å²) in [5, 5.41) is 10.3. The quantitative estimate of drug-likeness (QED) is 0.869. The second kappa shape index (κ2) is 4.73. The van der Waals surface area contributed by atoms with Gasteiger partial charge in [-0.05, 0) is 12.1 Å². The Bertz CT molecular complexity index is 472. The first-order valence-electron chi connectivity index (χ1n) is 4.96. The van der Waals surface area contributed by atoms with Crippen molar-refractivity contribution in [3.8, 4) is 28.5 Å². The average molecular weight is 235 g/mol. The van der Waals surface area contributed by atoms with E-state index in [-0.39, 0.29) is 0 Å². The van der Waals surface area contributed by atoms with E-state index in [0.29, 0.717) is 22.9 Å².